The number of fused-ring (bicyclic) bond motifs is 1. The van der Waals surface area contributed by atoms with Crippen molar-refractivity contribution in [2.45, 2.75) is 45.6 Å². The van der Waals surface area contributed by atoms with Gasteiger partial charge < -0.3 is 10.1 Å². The van der Waals surface area contributed by atoms with E-state index >= 15 is 0 Å². The zero-order chi connectivity index (χ0) is 13.9. The van der Waals surface area contributed by atoms with Gasteiger partial charge in [0, 0.05) is 31.2 Å². The van der Waals surface area contributed by atoms with Crippen LogP contribution in [-0.4, -0.2) is 20.3 Å². The lowest BCUT2D eigenvalue weighted by Crippen LogP contribution is -2.34. The Balaban J connectivity index is 1.93. The fourth-order valence-corrected chi connectivity index (χ4v) is 3.98. The van der Waals surface area contributed by atoms with E-state index in [9.17, 15) is 0 Å². The molecule has 4 heteroatoms. The van der Waals surface area contributed by atoms with Crippen molar-refractivity contribution in [2.24, 2.45) is 5.41 Å². The smallest absolute Gasteiger partial charge is 0.0934 e. The lowest BCUT2D eigenvalue weighted by Gasteiger charge is -2.30. The maximum atomic E-state index is 6.15. The van der Waals surface area contributed by atoms with Gasteiger partial charge in [-0.2, -0.15) is 0 Å². The molecule has 0 aromatic carbocycles. The van der Waals surface area contributed by atoms with Crippen LogP contribution in [0.1, 0.15) is 49.6 Å². The van der Waals surface area contributed by atoms with Crippen molar-refractivity contribution in [1.29, 1.82) is 0 Å². The monoisotopic (exact) mass is 301 g/mol. The highest BCUT2D eigenvalue weighted by Gasteiger charge is 2.25. The number of thiophene rings is 1. The Morgan fingerprint density at radius 3 is 3.05 bits per heavy atom. The molecule has 1 unspecified atom stereocenters. The average Bonchev–Trinajstić information content (AvgIpc) is 2.74. The maximum Gasteiger partial charge on any atom is 0.0934 e. The molecule has 1 aromatic rings. The van der Waals surface area contributed by atoms with Crippen molar-refractivity contribution >= 4 is 22.9 Å². The standard InChI is InChI=1S/C15H24ClNOS/c1-15(2,7-8-18-3)10-17-12-5-4-6-13-11(12)9-14(16)19-13/h9,12,17H,4-8,10H2,1-3H3. The van der Waals surface area contributed by atoms with Crippen LogP contribution in [0.2, 0.25) is 4.34 Å². The van der Waals surface area contributed by atoms with E-state index in [1.165, 1.54) is 29.7 Å². The van der Waals surface area contributed by atoms with Crippen LogP contribution >= 0.6 is 22.9 Å². The van der Waals surface area contributed by atoms with Crippen LogP contribution in [0, 0.1) is 5.41 Å². The molecule has 1 aliphatic carbocycles. The molecule has 1 N–H and O–H groups in total. The van der Waals surface area contributed by atoms with Gasteiger partial charge in [0.15, 0.2) is 0 Å². The lowest BCUT2D eigenvalue weighted by atomic mass is 9.87. The summed E-state index contributed by atoms with van der Waals surface area (Å²) in [4.78, 5) is 1.48. The number of rotatable bonds is 6. The Morgan fingerprint density at radius 1 is 1.53 bits per heavy atom. The second-order valence-corrected chi connectivity index (χ2v) is 7.93. The molecular weight excluding hydrogens is 278 g/mol. The fraction of sp³-hybridized carbons (Fsp3) is 0.733. The maximum absolute atomic E-state index is 6.15. The third-order valence-corrected chi connectivity index (χ3v) is 5.23. The highest BCUT2D eigenvalue weighted by molar-refractivity contribution is 7.16. The summed E-state index contributed by atoms with van der Waals surface area (Å²) in [5.74, 6) is 0. The highest BCUT2D eigenvalue weighted by Crippen LogP contribution is 2.38. The first-order chi connectivity index (χ1) is 9.02. The van der Waals surface area contributed by atoms with E-state index in [4.69, 9.17) is 16.3 Å². The molecule has 2 rings (SSSR count). The first-order valence-corrected chi connectivity index (χ1v) is 8.22. The summed E-state index contributed by atoms with van der Waals surface area (Å²) in [6.45, 7) is 6.44. The molecule has 1 aromatic heterocycles. The summed E-state index contributed by atoms with van der Waals surface area (Å²) in [5.41, 5.74) is 1.71. The summed E-state index contributed by atoms with van der Waals surface area (Å²) in [6.07, 6.45) is 4.76. The average molecular weight is 302 g/mol. The number of halogens is 1. The second-order valence-electron chi connectivity index (χ2n) is 6.16. The molecule has 1 heterocycles. The highest BCUT2D eigenvalue weighted by atomic mass is 35.5. The van der Waals surface area contributed by atoms with Gasteiger partial charge in [-0.15, -0.1) is 11.3 Å². The third kappa shape index (κ3) is 4.19. The van der Waals surface area contributed by atoms with Crippen LogP contribution in [-0.2, 0) is 11.2 Å². The van der Waals surface area contributed by atoms with E-state index in [1.807, 2.05) is 0 Å². The molecule has 2 nitrogen and oxygen atoms in total. The van der Waals surface area contributed by atoms with E-state index < -0.39 is 0 Å². The van der Waals surface area contributed by atoms with Gasteiger partial charge in [-0.3, -0.25) is 0 Å². The van der Waals surface area contributed by atoms with Crippen molar-refractivity contribution in [3.05, 3.63) is 20.8 Å². The summed E-state index contributed by atoms with van der Waals surface area (Å²) in [7, 11) is 1.77. The van der Waals surface area contributed by atoms with Crippen molar-refractivity contribution in [2.75, 3.05) is 20.3 Å². The molecule has 108 valence electrons. The Hall–Kier alpha value is -0.0900. The molecule has 0 amide bonds. The fourth-order valence-electron chi connectivity index (χ4n) is 2.60. The van der Waals surface area contributed by atoms with E-state index in [0.29, 0.717) is 6.04 Å². The lowest BCUT2D eigenvalue weighted by molar-refractivity contribution is 0.148. The predicted octanol–water partition coefficient (Wildman–Crippen LogP) is 4.43. The Bertz CT molecular complexity index is 416. The predicted molar refractivity (Wildman–Crippen MR) is 83.3 cm³/mol. The van der Waals surface area contributed by atoms with Gasteiger partial charge in [0.2, 0.25) is 0 Å². The first-order valence-electron chi connectivity index (χ1n) is 7.02. The normalized spacial score (nSPS) is 19.5. The first kappa shape index (κ1) is 15.3. The number of nitrogens with one attached hydrogen (secondary N) is 1. The molecule has 0 fully saturated rings. The molecule has 1 atom stereocenters. The number of hydrogen-bond acceptors (Lipinski definition) is 3. The number of ether oxygens (including phenoxy) is 1. The second kappa shape index (κ2) is 6.57. The van der Waals surface area contributed by atoms with Gasteiger partial charge >= 0.3 is 0 Å². The SMILES string of the molecule is COCCC(C)(C)CNC1CCCc2sc(Cl)cc21. The zero-order valence-electron chi connectivity index (χ0n) is 12.1. The topological polar surface area (TPSA) is 21.3 Å². The Kier molecular flexibility index (Phi) is 5.29. The molecular formula is C15H24ClNOS. The number of methoxy groups -OCH3 is 1. The van der Waals surface area contributed by atoms with Gasteiger partial charge in [-0.1, -0.05) is 25.4 Å². The van der Waals surface area contributed by atoms with Crippen LogP contribution in [0.25, 0.3) is 0 Å². The summed E-state index contributed by atoms with van der Waals surface area (Å²) < 4.78 is 6.11. The van der Waals surface area contributed by atoms with E-state index in [1.54, 1.807) is 18.4 Å². The molecule has 1 aliphatic rings. The Labute approximate surface area is 125 Å². The molecule has 0 radical (unpaired) electrons. The van der Waals surface area contributed by atoms with E-state index in [0.717, 1.165) is 23.9 Å². The summed E-state index contributed by atoms with van der Waals surface area (Å²) in [6, 6.07) is 2.63. The van der Waals surface area contributed by atoms with Crippen LogP contribution < -0.4 is 5.32 Å². The van der Waals surface area contributed by atoms with Crippen LogP contribution in [0.4, 0.5) is 0 Å². The molecule has 0 aliphatic heterocycles. The van der Waals surface area contributed by atoms with Gasteiger partial charge in [0.25, 0.3) is 0 Å². The van der Waals surface area contributed by atoms with Crippen molar-refractivity contribution < 1.29 is 4.74 Å². The third-order valence-electron chi connectivity index (χ3n) is 3.89. The van der Waals surface area contributed by atoms with E-state index in [2.05, 4.69) is 25.2 Å². The largest absolute Gasteiger partial charge is 0.385 e. The van der Waals surface area contributed by atoms with Crippen molar-refractivity contribution in [1.82, 2.24) is 5.32 Å². The summed E-state index contributed by atoms with van der Waals surface area (Å²) in [5, 5.41) is 3.73. The van der Waals surface area contributed by atoms with Crippen molar-refractivity contribution in [3.63, 3.8) is 0 Å². The zero-order valence-corrected chi connectivity index (χ0v) is 13.7. The molecule has 19 heavy (non-hydrogen) atoms. The van der Waals surface area contributed by atoms with Gasteiger partial charge in [-0.25, -0.2) is 0 Å². The van der Waals surface area contributed by atoms with Crippen LogP contribution in [0.3, 0.4) is 0 Å². The minimum atomic E-state index is 0.271. The number of aryl methyl sites for hydroxylation is 1. The molecule has 0 bridgehead atoms. The van der Waals surface area contributed by atoms with Gasteiger partial charge in [0.1, 0.15) is 0 Å². The van der Waals surface area contributed by atoms with E-state index in [-0.39, 0.29) is 5.41 Å². The number of hydrogen-bond donors (Lipinski definition) is 1. The quantitative estimate of drug-likeness (QED) is 0.839. The molecule has 0 spiro atoms. The molecule has 0 saturated carbocycles. The summed E-state index contributed by atoms with van der Waals surface area (Å²) >= 11 is 7.90. The van der Waals surface area contributed by atoms with Gasteiger partial charge in [-0.05, 0) is 42.7 Å². The van der Waals surface area contributed by atoms with Crippen LogP contribution in [0.15, 0.2) is 6.07 Å². The van der Waals surface area contributed by atoms with Crippen LogP contribution in [0.5, 0.6) is 0 Å². The minimum absolute atomic E-state index is 0.271. The Morgan fingerprint density at radius 2 is 2.32 bits per heavy atom. The minimum Gasteiger partial charge on any atom is -0.385 e. The van der Waals surface area contributed by atoms with Gasteiger partial charge in [0.05, 0.1) is 4.34 Å². The van der Waals surface area contributed by atoms with Crippen molar-refractivity contribution in [3.8, 4) is 0 Å². The molecule has 0 saturated heterocycles.